The summed E-state index contributed by atoms with van der Waals surface area (Å²) in [5.41, 5.74) is 0.206. The van der Waals surface area contributed by atoms with Gasteiger partial charge in [0.25, 0.3) is 0 Å². The van der Waals surface area contributed by atoms with Crippen LogP contribution in [0, 0.1) is 0 Å². The van der Waals surface area contributed by atoms with Gasteiger partial charge in [0.15, 0.2) is 0 Å². The Hall–Kier alpha value is -1.36. The molecule has 1 atom stereocenters. The Balaban J connectivity index is 1.70. The van der Waals surface area contributed by atoms with E-state index in [4.69, 9.17) is 0 Å². The molecule has 134 valence electrons. The highest BCUT2D eigenvalue weighted by Gasteiger charge is 2.40. The van der Waals surface area contributed by atoms with Gasteiger partial charge in [-0.1, -0.05) is 25.7 Å². The molecule has 1 aliphatic carbocycles. The molecule has 5 nitrogen and oxygen atoms in total. The summed E-state index contributed by atoms with van der Waals surface area (Å²) in [6.07, 6.45) is 15.8. The van der Waals surface area contributed by atoms with Crippen molar-refractivity contribution in [1.29, 1.82) is 0 Å². The van der Waals surface area contributed by atoms with E-state index in [9.17, 15) is 4.79 Å². The minimum Gasteiger partial charge on any atom is -0.342 e. The summed E-state index contributed by atoms with van der Waals surface area (Å²) < 4.78 is 1.90. The van der Waals surface area contributed by atoms with Crippen molar-refractivity contribution >= 4 is 5.91 Å². The molecule has 0 radical (unpaired) electrons. The Morgan fingerprint density at radius 1 is 1.17 bits per heavy atom. The number of imidazole rings is 1. The van der Waals surface area contributed by atoms with Gasteiger partial charge >= 0.3 is 0 Å². The Bertz CT molecular complexity index is 515. The first-order valence-electron chi connectivity index (χ1n) is 9.60. The van der Waals surface area contributed by atoms with E-state index < -0.39 is 0 Å². The van der Waals surface area contributed by atoms with Gasteiger partial charge < -0.3 is 9.47 Å². The number of hydrogen-bond donors (Lipinski definition) is 0. The zero-order chi connectivity index (χ0) is 17.0. The molecule has 0 spiro atoms. The molecule has 5 heteroatoms. The predicted octanol–water partition coefficient (Wildman–Crippen LogP) is 3.09. The summed E-state index contributed by atoms with van der Waals surface area (Å²) in [6.45, 7) is 5.25. The maximum atomic E-state index is 12.9. The summed E-state index contributed by atoms with van der Waals surface area (Å²) in [4.78, 5) is 21.7. The molecular formula is C19H32N4O. The first-order chi connectivity index (χ1) is 11.6. The fourth-order valence-corrected chi connectivity index (χ4v) is 4.62. The first-order valence-corrected chi connectivity index (χ1v) is 9.60. The van der Waals surface area contributed by atoms with E-state index in [0.717, 1.165) is 6.54 Å². The zero-order valence-corrected chi connectivity index (χ0v) is 15.3. The molecule has 24 heavy (non-hydrogen) atoms. The van der Waals surface area contributed by atoms with Crippen molar-refractivity contribution in [2.45, 2.75) is 69.9 Å². The van der Waals surface area contributed by atoms with Crippen LogP contribution in [0.4, 0.5) is 0 Å². The van der Waals surface area contributed by atoms with Crippen LogP contribution in [0.2, 0.25) is 0 Å². The maximum absolute atomic E-state index is 12.9. The first kappa shape index (κ1) is 17.5. The average molecular weight is 332 g/mol. The number of amides is 1. The van der Waals surface area contributed by atoms with E-state index in [1.807, 2.05) is 29.6 Å². The molecule has 1 saturated heterocycles. The zero-order valence-electron chi connectivity index (χ0n) is 15.3. The van der Waals surface area contributed by atoms with Gasteiger partial charge in [-0.15, -0.1) is 0 Å². The highest BCUT2D eigenvalue weighted by Crippen LogP contribution is 2.36. The summed E-state index contributed by atoms with van der Waals surface area (Å²) in [7, 11) is 1.98. The van der Waals surface area contributed by atoms with Crippen molar-refractivity contribution in [2.24, 2.45) is 0 Å². The van der Waals surface area contributed by atoms with E-state index in [0.29, 0.717) is 0 Å². The molecule has 2 heterocycles. The van der Waals surface area contributed by atoms with Crippen LogP contribution >= 0.6 is 0 Å². The van der Waals surface area contributed by atoms with Crippen LogP contribution in [0.5, 0.6) is 0 Å². The van der Waals surface area contributed by atoms with Gasteiger partial charge in [-0.3, -0.25) is 9.69 Å². The van der Waals surface area contributed by atoms with E-state index in [-0.39, 0.29) is 17.5 Å². The van der Waals surface area contributed by atoms with Crippen molar-refractivity contribution in [3.05, 3.63) is 18.7 Å². The van der Waals surface area contributed by atoms with E-state index >= 15 is 0 Å². The van der Waals surface area contributed by atoms with Gasteiger partial charge in [0.05, 0.1) is 6.33 Å². The van der Waals surface area contributed by atoms with Crippen LogP contribution in [-0.2, 0) is 4.79 Å². The van der Waals surface area contributed by atoms with Gasteiger partial charge in [-0.05, 0) is 45.7 Å². The number of rotatable bonds is 5. The van der Waals surface area contributed by atoms with Crippen LogP contribution < -0.4 is 0 Å². The predicted molar refractivity (Wildman–Crippen MR) is 95.8 cm³/mol. The number of nitrogens with zero attached hydrogens (tertiary/aromatic N) is 4. The van der Waals surface area contributed by atoms with Gasteiger partial charge in [0, 0.05) is 31.5 Å². The molecular weight excluding hydrogens is 300 g/mol. The molecule has 0 bridgehead atoms. The summed E-state index contributed by atoms with van der Waals surface area (Å²) in [5, 5.41) is 0. The molecule has 1 aromatic heterocycles. The quantitative estimate of drug-likeness (QED) is 0.832. The second-order valence-electron chi connectivity index (χ2n) is 7.71. The van der Waals surface area contributed by atoms with Crippen molar-refractivity contribution in [2.75, 3.05) is 26.7 Å². The maximum Gasteiger partial charge on any atom is 0.245 e. The number of piperidine rings is 1. The molecule has 1 saturated carbocycles. The Morgan fingerprint density at radius 3 is 2.46 bits per heavy atom. The molecule has 1 unspecified atom stereocenters. The third kappa shape index (κ3) is 3.66. The molecule has 3 rings (SSSR count). The topological polar surface area (TPSA) is 41.4 Å². The van der Waals surface area contributed by atoms with E-state index in [1.54, 1.807) is 12.5 Å². The number of likely N-dealkylation sites (tertiary alicyclic amines) is 1. The highest BCUT2D eigenvalue weighted by atomic mass is 16.2. The number of carbonyl (C=O) groups is 1. The third-order valence-corrected chi connectivity index (χ3v) is 6.05. The minimum atomic E-state index is -0.181. The monoisotopic (exact) mass is 332 g/mol. The Labute approximate surface area is 146 Å². The summed E-state index contributed by atoms with van der Waals surface area (Å²) >= 11 is 0. The van der Waals surface area contributed by atoms with Crippen molar-refractivity contribution < 1.29 is 4.79 Å². The summed E-state index contributed by atoms with van der Waals surface area (Å²) in [5.74, 6) is 0.190. The normalized spacial score (nSPS) is 22.9. The smallest absolute Gasteiger partial charge is 0.245 e. The molecule has 0 N–H and O–H groups in total. The minimum absolute atomic E-state index is 0.181. The molecule has 2 aliphatic rings. The molecule has 0 aromatic carbocycles. The standard InChI is InChI=1S/C19H32N4O/c1-17(22-14-11-20-16-22)18(24)21(2)15-19(9-5-3-6-10-19)23-12-7-4-8-13-23/h11,14,16-17H,3-10,12-13,15H2,1-2H3. The lowest BCUT2D eigenvalue weighted by Crippen LogP contribution is -2.58. The highest BCUT2D eigenvalue weighted by molar-refractivity contribution is 5.79. The fourth-order valence-electron chi connectivity index (χ4n) is 4.62. The van der Waals surface area contributed by atoms with Gasteiger partial charge in [-0.2, -0.15) is 0 Å². The largest absolute Gasteiger partial charge is 0.342 e. The van der Waals surface area contributed by atoms with Gasteiger partial charge in [0.2, 0.25) is 5.91 Å². The van der Waals surface area contributed by atoms with Crippen LogP contribution in [0.15, 0.2) is 18.7 Å². The number of aromatic nitrogens is 2. The van der Waals surface area contributed by atoms with E-state index in [1.165, 1.54) is 64.5 Å². The second-order valence-corrected chi connectivity index (χ2v) is 7.71. The SMILES string of the molecule is CC(C(=O)N(C)CC1(N2CCCCC2)CCCCC1)n1ccnc1. The fraction of sp³-hybridized carbons (Fsp3) is 0.789. The molecule has 1 aliphatic heterocycles. The van der Waals surface area contributed by atoms with Crippen molar-refractivity contribution in [3.8, 4) is 0 Å². The Morgan fingerprint density at radius 2 is 1.83 bits per heavy atom. The van der Waals surface area contributed by atoms with Gasteiger partial charge in [-0.25, -0.2) is 4.98 Å². The lowest BCUT2D eigenvalue weighted by Gasteiger charge is -2.50. The van der Waals surface area contributed by atoms with Crippen molar-refractivity contribution in [1.82, 2.24) is 19.4 Å². The lowest BCUT2D eigenvalue weighted by atomic mass is 9.78. The van der Waals surface area contributed by atoms with Crippen LogP contribution in [0.25, 0.3) is 0 Å². The lowest BCUT2D eigenvalue weighted by molar-refractivity contribution is -0.135. The van der Waals surface area contributed by atoms with Crippen molar-refractivity contribution in [3.63, 3.8) is 0 Å². The molecule has 1 amide bonds. The molecule has 2 fully saturated rings. The van der Waals surface area contributed by atoms with Crippen LogP contribution in [-0.4, -0.2) is 57.5 Å². The Kier molecular flexibility index (Phi) is 5.59. The third-order valence-electron chi connectivity index (χ3n) is 6.05. The van der Waals surface area contributed by atoms with E-state index in [2.05, 4.69) is 9.88 Å². The average Bonchev–Trinajstić information content (AvgIpc) is 3.16. The number of hydrogen-bond acceptors (Lipinski definition) is 3. The summed E-state index contributed by atoms with van der Waals surface area (Å²) in [6, 6.07) is -0.181. The van der Waals surface area contributed by atoms with Crippen LogP contribution in [0.1, 0.15) is 64.3 Å². The number of likely N-dealkylation sites (N-methyl/N-ethyl adjacent to an activating group) is 1. The molecule has 1 aromatic rings. The number of carbonyl (C=O) groups excluding carboxylic acids is 1. The second kappa shape index (κ2) is 7.68. The van der Waals surface area contributed by atoms with Crippen LogP contribution in [0.3, 0.4) is 0 Å². The van der Waals surface area contributed by atoms with Gasteiger partial charge in [0.1, 0.15) is 6.04 Å².